The van der Waals surface area contributed by atoms with Crippen LogP contribution in [0.2, 0.25) is 0 Å². The number of carbonyl (C=O) groups is 1. The van der Waals surface area contributed by atoms with Crippen LogP contribution in [0.25, 0.3) is 22.3 Å². The van der Waals surface area contributed by atoms with Gasteiger partial charge in [0.1, 0.15) is 11.3 Å². The van der Waals surface area contributed by atoms with Gasteiger partial charge in [-0.3, -0.25) is 9.48 Å². The summed E-state index contributed by atoms with van der Waals surface area (Å²) in [4.78, 5) is 17.6. The van der Waals surface area contributed by atoms with E-state index in [1.165, 1.54) is 0 Å². The van der Waals surface area contributed by atoms with E-state index in [1.54, 1.807) is 4.68 Å². The number of aryl methyl sites for hydroxylation is 2. The standard InChI is InChI=1S/C25H27N5O3/c1-29-10-7-19-18(13-16-3-5-17(6-4-16)20-8-11-30(2)28-20)14-22(26-24(19)29)25(32)27-21-9-12-33-15-23(21)31/h3-8,10-11,14,21,23,31H,9,12-13,15H2,1-2H3,(H,27,32)/t21-,23-/m0/s1. The summed E-state index contributed by atoms with van der Waals surface area (Å²) in [7, 11) is 3.83. The highest BCUT2D eigenvalue weighted by molar-refractivity contribution is 5.95. The van der Waals surface area contributed by atoms with E-state index >= 15 is 0 Å². The lowest BCUT2D eigenvalue weighted by Gasteiger charge is -2.28. The average Bonchev–Trinajstić information content (AvgIpc) is 3.42. The third-order valence-corrected chi connectivity index (χ3v) is 6.16. The van der Waals surface area contributed by atoms with Crippen LogP contribution in [-0.2, 0) is 25.3 Å². The van der Waals surface area contributed by atoms with E-state index in [1.807, 2.05) is 49.3 Å². The average molecular weight is 446 g/mol. The molecule has 1 aliphatic rings. The zero-order valence-corrected chi connectivity index (χ0v) is 18.7. The van der Waals surface area contributed by atoms with Crippen LogP contribution in [0.1, 0.15) is 28.0 Å². The fourth-order valence-corrected chi connectivity index (χ4v) is 4.28. The van der Waals surface area contributed by atoms with E-state index in [2.05, 4.69) is 39.7 Å². The number of rotatable bonds is 5. The minimum atomic E-state index is -0.710. The van der Waals surface area contributed by atoms with Crippen LogP contribution < -0.4 is 5.32 Å². The first-order valence-electron chi connectivity index (χ1n) is 11.1. The number of carbonyl (C=O) groups excluding carboxylic acids is 1. The number of nitrogens with one attached hydrogen (secondary N) is 1. The van der Waals surface area contributed by atoms with Gasteiger partial charge in [-0.05, 0) is 42.2 Å². The molecule has 1 aliphatic heterocycles. The number of hydrogen-bond acceptors (Lipinski definition) is 5. The van der Waals surface area contributed by atoms with Crippen LogP contribution in [0.4, 0.5) is 0 Å². The molecule has 0 radical (unpaired) electrons. The first-order valence-corrected chi connectivity index (χ1v) is 11.1. The Hall–Kier alpha value is -3.49. The highest BCUT2D eigenvalue weighted by Crippen LogP contribution is 2.24. The molecule has 2 N–H and O–H groups in total. The molecule has 0 unspecified atom stereocenters. The largest absolute Gasteiger partial charge is 0.389 e. The summed E-state index contributed by atoms with van der Waals surface area (Å²) < 4.78 is 8.97. The zero-order valence-electron chi connectivity index (χ0n) is 18.7. The molecular formula is C25H27N5O3. The number of aromatic nitrogens is 4. The highest BCUT2D eigenvalue weighted by atomic mass is 16.5. The van der Waals surface area contributed by atoms with Crippen LogP contribution in [0.15, 0.2) is 54.9 Å². The molecule has 1 amide bonds. The van der Waals surface area contributed by atoms with Crippen LogP contribution in [0, 0.1) is 0 Å². The summed E-state index contributed by atoms with van der Waals surface area (Å²) in [6, 6.07) is 13.9. The number of fused-ring (bicyclic) bond motifs is 1. The molecule has 1 fully saturated rings. The predicted molar refractivity (Wildman–Crippen MR) is 125 cm³/mol. The maximum absolute atomic E-state index is 13.0. The minimum absolute atomic E-state index is 0.231. The molecule has 0 bridgehead atoms. The molecule has 4 heterocycles. The molecule has 170 valence electrons. The summed E-state index contributed by atoms with van der Waals surface area (Å²) in [5, 5.41) is 18.5. The lowest BCUT2D eigenvalue weighted by molar-refractivity contribution is -0.0261. The van der Waals surface area contributed by atoms with E-state index in [0.717, 1.165) is 33.4 Å². The monoisotopic (exact) mass is 445 g/mol. The van der Waals surface area contributed by atoms with Crippen molar-refractivity contribution in [1.82, 2.24) is 24.6 Å². The van der Waals surface area contributed by atoms with Crippen LogP contribution in [-0.4, -0.2) is 55.7 Å². The van der Waals surface area contributed by atoms with Gasteiger partial charge in [-0.25, -0.2) is 4.98 Å². The fraction of sp³-hybridized carbons (Fsp3) is 0.320. The molecular weight excluding hydrogens is 418 g/mol. The van der Waals surface area contributed by atoms with Crippen molar-refractivity contribution in [3.63, 3.8) is 0 Å². The van der Waals surface area contributed by atoms with Crippen molar-refractivity contribution in [3.8, 4) is 11.3 Å². The molecule has 0 spiro atoms. The number of aliphatic hydroxyl groups is 1. The SMILES string of the molecule is Cn1ccc(-c2ccc(Cc3cc(C(=O)N[C@H]4CCOC[C@@H]4O)nc4c3ccn4C)cc2)n1. The number of aliphatic hydroxyl groups excluding tert-OH is 1. The Bertz CT molecular complexity index is 1290. The van der Waals surface area contributed by atoms with Crippen LogP contribution in [0.5, 0.6) is 0 Å². The quantitative estimate of drug-likeness (QED) is 0.492. The summed E-state index contributed by atoms with van der Waals surface area (Å²) in [5.74, 6) is -0.282. The van der Waals surface area contributed by atoms with Crippen molar-refractivity contribution in [2.75, 3.05) is 13.2 Å². The number of amides is 1. The maximum Gasteiger partial charge on any atom is 0.270 e. The second kappa shape index (κ2) is 8.80. The molecule has 0 saturated carbocycles. The highest BCUT2D eigenvalue weighted by Gasteiger charge is 2.26. The van der Waals surface area contributed by atoms with Gasteiger partial charge in [-0.15, -0.1) is 0 Å². The molecule has 3 aromatic heterocycles. The van der Waals surface area contributed by atoms with Crippen molar-refractivity contribution in [1.29, 1.82) is 0 Å². The third kappa shape index (κ3) is 4.40. The lowest BCUT2D eigenvalue weighted by atomic mass is 10.00. The Balaban J connectivity index is 1.42. The third-order valence-electron chi connectivity index (χ3n) is 6.16. The molecule has 5 rings (SSSR count). The van der Waals surface area contributed by atoms with Gasteiger partial charge in [0, 0.05) is 44.0 Å². The Kier molecular flexibility index (Phi) is 5.70. The van der Waals surface area contributed by atoms with Gasteiger partial charge in [-0.2, -0.15) is 5.10 Å². The summed E-state index contributed by atoms with van der Waals surface area (Å²) in [5.41, 5.74) is 5.28. The molecule has 8 nitrogen and oxygen atoms in total. The Labute approximate surface area is 191 Å². The maximum atomic E-state index is 13.0. The first-order chi connectivity index (χ1) is 16.0. The molecule has 0 aliphatic carbocycles. The van der Waals surface area contributed by atoms with Gasteiger partial charge < -0.3 is 19.7 Å². The van der Waals surface area contributed by atoms with Crippen molar-refractivity contribution in [2.24, 2.45) is 14.1 Å². The fourth-order valence-electron chi connectivity index (χ4n) is 4.28. The van der Waals surface area contributed by atoms with Gasteiger partial charge in [-0.1, -0.05) is 24.3 Å². The molecule has 33 heavy (non-hydrogen) atoms. The normalized spacial score (nSPS) is 18.5. The smallest absolute Gasteiger partial charge is 0.270 e. The van der Waals surface area contributed by atoms with Crippen molar-refractivity contribution < 1.29 is 14.6 Å². The first kappa shape index (κ1) is 21.4. The number of pyridine rings is 1. The minimum Gasteiger partial charge on any atom is -0.389 e. The number of nitrogens with zero attached hydrogens (tertiary/aromatic N) is 4. The molecule has 1 saturated heterocycles. The molecule has 2 atom stereocenters. The van der Waals surface area contributed by atoms with E-state index in [-0.39, 0.29) is 18.6 Å². The van der Waals surface area contributed by atoms with Gasteiger partial charge in [0.15, 0.2) is 0 Å². The number of hydrogen-bond donors (Lipinski definition) is 2. The van der Waals surface area contributed by atoms with Crippen molar-refractivity contribution in [2.45, 2.75) is 25.0 Å². The predicted octanol–water partition coefficient (Wildman–Crippen LogP) is 2.44. The summed E-state index contributed by atoms with van der Waals surface area (Å²) in [6.45, 7) is 0.751. The van der Waals surface area contributed by atoms with Gasteiger partial charge >= 0.3 is 0 Å². The Morgan fingerprint density at radius 2 is 2.00 bits per heavy atom. The molecule has 8 heteroatoms. The van der Waals surface area contributed by atoms with E-state index in [4.69, 9.17) is 4.74 Å². The van der Waals surface area contributed by atoms with Gasteiger partial charge in [0.25, 0.3) is 5.91 Å². The molecule has 4 aromatic rings. The zero-order chi connectivity index (χ0) is 22.9. The van der Waals surface area contributed by atoms with Crippen LogP contribution in [0.3, 0.4) is 0 Å². The van der Waals surface area contributed by atoms with Crippen molar-refractivity contribution in [3.05, 3.63) is 71.7 Å². The Morgan fingerprint density at radius 1 is 1.18 bits per heavy atom. The lowest BCUT2D eigenvalue weighted by Crippen LogP contribution is -2.48. The number of benzene rings is 1. The van der Waals surface area contributed by atoms with E-state index in [9.17, 15) is 9.90 Å². The van der Waals surface area contributed by atoms with Crippen LogP contribution >= 0.6 is 0 Å². The number of ether oxygens (including phenoxy) is 1. The van der Waals surface area contributed by atoms with E-state index < -0.39 is 6.10 Å². The second-order valence-electron chi connectivity index (χ2n) is 8.59. The second-order valence-corrected chi connectivity index (χ2v) is 8.59. The summed E-state index contributed by atoms with van der Waals surface area (Å²) in [6.07, 6.45) is 4.42. The summed E-state index contributed by atoms with van der Waals surface area (Å²) >= 11 is 0. The molecule has 1 aromatic carbocycles. The van der Waals surface area contributed by atoms with E-state index in [0.29, 0.717) is 25.1 Å². The van der Waals surface area contributed by atoms with Crippen molar-refractivity contribution >= 4 is 16.9 Å². The van der Waals surface area contributed by atoms with Gasteiger partial charge in [0.2, 0.25) is 0 Å². The van der Waals surface area contributed by atoms with Gasteiger partial charge in [0.05, 0.1) is 24.4 Å². The Morgan fingerprint density at radius 3 is 2.73 bits per heavy atom. The topological polar surface area (TPSA) is 94.2 Å².